The first-order valence-electron chi connectivity index (χ1n) is 9.40. The van der Waals surface area contributed by atoms with Crippen LogP contribution in [0.3, 0.4) is 0 Å². The van der Waals surface area contributed by atoms with Crippen molar-refractivity contribution in [1.82, 2.24) is 19.7 Å². The van der Waals surface area contributed by atoms with Crippen LogP contribution in [-0.4, -0.2) is 39.0 Å². The minimum atomic E-state index is -0.768. The third-order valence-electron chi connectivity index (χ3n) is 5.05. The predicted octanol–water partition coefficient (Wildman–Crippen LogP) is 3.83. The number of anilines is 3. The van der Waals surface area contributed by atoms with Crippen molar-refractivity contribution < 1.29 is 4.39 Å². The summed E-state index contributed by atoms with van der Waals surface area (Å²) >= 11 is 0. The van der Waals surface area contributed by atoms with Crippen molar-refractivity contribution in [1.29, 1.82) is 0 Å². The average molecular weight is 364 g/mol. The lowest BCUT2D eigenvalue weighted by Gasteiger charge is -2.18. The highest BCUT2D eigenvalue weighted by molar-refractivity contribution is 5.61. The van der Waals surface area contributed by atoms with Gasteiger partial charge in [0, 0.05) is 29.9 Å². The molecule has 3 heterocycles. The molecule has 0 bridgehead atoms. The van der Waals surface area contributed by atoms with Crippen molar-refractivity contribution in [3.05, 3.63) is 54.5 Å². The second-order valence-electron chi connectivity index (χ2n) is 7.22. The monoisotopic (exact) mass is 364 g/mol. The fraction of sp³-hybridized carbons (Fsp3) is 0.350. The number of para-hydroxylation sites is 1. The molecular formula is C20H21FN6. The van der Waals surface area contributed by atoms with E-state index in [-0.39, 0.29) is 0 Å². The molecule has 0 spiro atoms. The molecule has 1 aliphatic heterocycles. The zero-order valence-corrected chi connectivity index (χ0v) is 14.9. The van der Waals surface area contributed by atoms with Crippen LogP contribution in [-0.2, 0) is 0 Å². The van der Waals surface area contributed by atoms with E-state index in [2.05, 4.69) is 21.5 Å². The lowest BCUT2D eigenvalue weighted by Crippen LogP contribution is -2.21. The normalized spacial score (nSPS) is 19.4. The Kier molecular flexibility index (Phi) is 3.99. The van der Waals surface area contributed by atoms with Crippen LogP contribution in [0.15, 0.2) is 48.8 Å². The maximum atomic E-state index is 13.6. The largest absolute Gasteiger partial charge is 0.354 e. The SMILES string of the molecule is F[C@@H]1CCN(c2cc(Nc3ncn(-c4ccccc4)n3)cc(C3CC3)n2)C1. The molecule has 2 fully saturated rings. The predicted molar refractivity (Wildman–Crippen MR) is 103 cm³/mol. The van der Waals surface area contributed by atoms with Gasteiger partial charge in [-0.3, -0.25) is 0 Å². The topological polar surface area (TPSA) is 58.9 Å². The van der Waals surface area contributed by atoms with E-state index in [1.807, 2.05) is 41.3 Å². The lowest BCUT2D eigenvalue weighted by atomic mass is 10.2. The van der Waals surface area contributed by atoms with Gasteiger partial charge in [0.1, 0.15) is 18.3 Å². The molecule has 2 aromatic heterocycles. The number of alkyl halides is 1. The first kappa shape index (κ1) is 16.2. The molecule has 0 unspecified atom stereocenters. The number of hydrogen-bond acceptors (Lipinski definition) is 5. The number of pyridine rings is 1. The third-order valence-corrected chi connectivity index (χ3v) is 5.05. The third kappa shape index (κ3) is 3.49. The molecule has 1 atom stereocenters. The van der Waals surface area contributed by atoms with Crippen LogP contribution in [0.25, 0.3) is 5.69 Å². The molecule has 7 heteroatoms. The molecule has 2 aliphatic rings. The van der Waals surface area contributed by atoms with Crippen molar-refractivity contribution in [2.75, 3.05) is 23.3 Å². The Hall–Kier alpha value is -2.96. The number of benzene rings is 1. The van der Waals surface area contributed by atoms with Crippen LogP contribution < -0.4 is 10.2 Å². The van der Waals surface area contributed by atoms with E-state index in [1.54, 1.807) is 11.0 Å². The second kappa shape index (κ2) is 6.64. The van der Waals surface area contributed by atoms with E-state index in [9.17, 15) is 4.39 Å². The maximum Gasteiger partial charge on any atom is 0.246 e. The summed E-state index contributed by atoms with van der Waals surface area (Å²) in [5.41, 5.74) is 2.92. The van der Waals surface area contributed by atoms with Gasteiger partial charge in [0.25, 0.3) is 0 Å². The van der Waals surface area contributed by atoms with Gasteiger partial charge in [-0.1, -0.05) is 18.2 Å². The molecule has 0 amide bonds. The first-order valence-corrected chi connectivity index (χ1v) is 9.40. The van der Waals surface area contributed by atoms with Gasteiger partial charge in [-0.05, 0) is 37.5 Å². The summed E-state index contributed by atoms with van der Waals surface area (Å²) in [5, 5.41) is 7.79. The van der Waals surface area contributed by atoms with Crippen LogP contribution >= 0.6 is 0 Å². The average Bonchev–Trinajstić information content (AvgIpc) is 3.30. The van der Waals surface area contributed by atoms with Gasteiger partial charge < -0.3 is 10.2 Å². The van der Waals surface area contributed by atoms with Crippen molar-refractivity contribution in [2.45, 2.75) is 31.4 Å². The smallest absolute Gasteiger partial charge is 0.246 e. The zero-order chi connectivity index (χ0) is 18.2. The first-order chi connectivity index (χ1) is 13.2. The van der Waals surface area contributed by atoms with Crippen LogP contribution in [0.2, 0.25) is 0 Å². The number of rotatable bonds is 5. The molecule has 27 heavy (non-hydrogen) atoms. The summed E-state index contributed by atoms with van der Waals surface area (Å²) in [6, 6.07) is 13.9. The van der Waals surface area contributed by atoms with Gasteiger partial charge >= 0.3 is 0 Å². The Morgan fingerprint density at radius 1 is 1.07 bits per heavy atom. The van der Waals surface area contributed by atoms with Crippen molar-refractivity contribution in [3.8, 4) is 5.69 Å². The fourth-order valence-electron chi connectivity index (χ4n) is 3.44. The van der Waals surface area contributed by atoms with Crippen molar-refractivity contribution in [2.24, 2.45) is 0 Å². The summed E-state index contributed by atoms with van der Waals surface area (Å²) in [4.78, 5) is 11.2. The summed E-state index contributed by atoms with van der Waals surface area (Å²) in [6.07, 6.45) is 3.83. The second-order valence-corrected chi connectivity index (χ2v) is 7.22. The van der Waals surface area contributed by atoms with Gasteiger partial charge in [0.15, 0.2) is 0 Å². The molecule has 1 saturated heterocycles. The van der Waals surface area contributed by atoms with Gasteiger partial charge in [-0.25, -0.2) is 14.1 Å². The minimum absolute atomic E-state index is 0.418. The minimum Gasteiger partial charge on any atom is -0.354 e. The van der Waals surface area contributed by atoms with Crippen LogP contribution in [0.5, 0.6) is 0 Å². The zero-order valence-electron chi connectivity index (χ0n) is 14.9. The molecule has 0 radical (unpaired) electrons. The van der Waals surface area contributed by atoms with Gasteiger partial charge in [-0.15, -0.1) is 5.10 Å². The molecule has 1 aromatic carbocycles. The van der Waals surface area contributed by atoms with Crippen molar-refractivity contribution in [3.63, 3.8) is 0 Å². The van der Waals surface area contributed by atoms with E-state index in [0.717, 1.165) is 22.9 Å². The fourth-order valence-corrected chi connectivity index (χ4v) is 3.44. The van der Waals surface area contributed by atoms with Crippen LogP contribution in [0.4, 0.5) is 21.8 Å². The van der Waals surface area contributed by atoms with E-state index in [4.69, 9.17) is 4.98 Å². The summed E-state index contributed by atoms with van der Waals surface area (Å²) in [5.74, 6) is 1.89. The van der Waals surface area contributed by atoms with Crippen LogP contribution in [0, 0.1) is 0 Å². The highest BCUT2D eigenvalue weighted by Gasteiger charge is 2.28. The number of halogens is 1. The van der Waals surface area contributed by atoms with E-state index >= 15 is 0 Å². The maximum absolute atomic E-state index is 13.6. The summed E-state index contributed by atoms with van der Waals surface area (Å²) < 4.78 is 15.4. The highest BCUT2D eigenvalue weighted by Crippen LogP contribution is 2.41. The highest BCUT2D eigenvalue weighted by atomic mass is 19.1. The Labute approximate surface area is 157 Å². The van der Waals surface area contributed by atoms with E-state index in [0.29, 0.717) is 31.4 Å². The number of aromatic nitrogens is 4. The Bertz CT molecular complexity index is 937. The Morgan fingerprint density at radius 3 is 2.67 bits per heavy atom. The Morgan fingerprint density at radius 2 is 1.93 bits per heavy atom. The molecular weight excluding hydrogens is 343 g/mol. The number of hydrogen-bond donors (Lipinski definition) is 1. The molecule has 1 aliphatic carbocycles. The summed E-state index contributed by atoms with van der Waals surface area (Å²) in [6.45, 7) is 1.13. The van der Waals surface area contributed by atoms with Gasteiger partial charge in [0.2, 0.25) is 5.95 Å². The lowest BCUT2D eigenvalue weighted by molar-refractivity contribution is 0.364. The molecule has 3 aromatic rings. The standard InChI is InChI=1S/C20H21FN6/c21-15-8-9-26(12-15)19-11-16(10-18(24-19)14-6-7-14)23-20-22-13-27(25-20)17-4-2-1-3-5-17/h1-5,10-11,13-15H,6-9,12H2,(H,23,24,25)/t15-/m1/s1. The molecule has 1 N–H and O–H groups in total. The van der Waals surface area contributed by atoms with Gasteiger partial charge in [-0.2, -0.15) is 4.98 Å². The molecule has 5 rings (SSSR count). The molecule has 138 valence electrons. The number of nitrogens with one attached hydrogen (secondary N) is 1. The molecule has 1 saturated carbocycles. The van der Waals surface area contributed by atoms with E-state index < -0.39 is 6.17 Å². The quantitative estimate of drug-likeness (QED) is 0.746. The summed E-state index contributed by atoms with van der Waals surface area (Å²) in [7, 11) is 0. The van der Waals surface area contributed by atoms with Crippen molar-refractivity contribution >= 4 is 17.5 Å². The molecule has 6 nitrogen and oxygen atoms in total. The number of nitrogens with zero attached hydrogens (tertiary/aromatic N) is 5. The van der Waals surface area contributed by atoms with E-state index in [1.165, 1.54) is 12.8 Å². The Balaban J connectivity index is 1.41. The van der Waals surface area contributed by atoms with Gasteiger partial charge in [0.05, 0.1) is 12.2 Å². The van der Waals surface area contributed by atoms with Crippen LogP contribution in [0.1, 0.15) is 30.9 Å².